The lowest BCUT2D eigenvalue weighted by atomic mass is 10.2. The van der Waals surface area contributed by atoms with Crippen LogP contribution in [0.25, 0.3) is 0 Å². The summed E-state index contributed by atoms with van der Waals surface area (Å²) in [5.41, 5.74) is 0.584. The second kappa shape index (κ2) is 6.80. The van der Waals surface area contributed by atoms with Crippen molar-refractivity contribution in [2.24, 2.45) is 0 Å². The zero-order valence-electron chi connectivity index (χ0n) is 11.3. The second-order valence-electron chi connectivity index (χ2n) is 5.21. The van der Waals surface area contributed by atoms with Gasteiger partial charge >= 0.3 is 0 Å². The van der Waals surface area contributed by atoms with Crippen LogP contribution in [0.1, 0.15) is 16.9 Å². The molecule has 2 fully saturated rings. The Morgan fingerprint density at radius 1 is 1.30 bits per heavy atom. The van der Waals surface area contributed by atoms with Crippen molar-refractivity contribution in [1.82, 2.24) is 20.1 Å². The van der Waals surface area contributed by atoms with Crippen LogP contribution in [0.5, 0.6) is 0 Å². The maximum absolute atomic E-state index is 12.2. The van der Waals surface area contributed by atoms with Crippen LogP contribution >= 0.6 is 24.0 Å². The maximum atomic E-state index is 12.2. The number of carbonyl (C=O) groups is 1. The molecule has 3 rings (SSSR count). The number of H-pyrrole nitrogens is 1. The first kappa shape index (κ1) is 15.6. The van der Waals surface area contributed by atoms with Crippen LogP contribution in [-0.4, -0.2) is 66.0 Å². The molecular formula is C13H20Cl2N4O. The summed E-state index contributed by atoms with van der Waals surface area (Å²) in [5, 5.41) is 3.97. The van der Waals surface area contributed by atoms with Gasteiger partial charge in [0.15, 0.2) is 0 Å². The summed E-state index contributed by atoms with van der Waals surface area (Å²) < 4.78 is 0. The molecule has 2 saturated heterocycles. The molecule has 112 valence electrons. The second-order valence-corrected chi connectivity index (χ2v) is 5.64. The van der Waals surface area contributed by atoms with Gasteiger partial charge in [-0.25, -0.2) is 0 Å². The van der Waals surface area contributed by atoms with Crippen molar-refractivity contribution in [3.63, 3.8) is 0 Å². The molecule has 0 bridgehead atoms. The third kappa shape index (κ3) is 3.28. The van der Waals surface area contributed by atoms with Gasteiger partial charge in [-0.15, -0.1) is 12.4 Å². The third-order valence-electron chi connectivity index (χ3n) is 4.03. The predicted molar refractivity (Wildman–Crippen MR) is 81.8 cm³/mol. The number of aromatic nitrogens is 1. The van der Waals surface area contributed by atoms with Gasteiger partial charge in [-0.3, -0.25) is 9.69 Å². The molecule has 0 aliphatic carbocycles. The summed E-state index contributed by atoms with van der Waals surface area (Å²) in [6.45, 7) is 5.72. The van der Waals surface area contributed by atoms with Gasteiger partial charge in [0.1, 0.15) is 5.69 Å². The molecule has 2 N–H and O–H groups in total. The summed E-state index contributed by atoms with van der Waals surface area (Å²) in [7, 11) is 0. The number of rotatable bonds is 2. The first-order valence-corrected chi connectivity index (χ1v) is 7.20. The van der Waals surface area contributed by atoms with Gasteiger partial charge in [0, 0.05) is 45.0 Å². The van der Waals surface area contributed by atoms with Gasteiger partial charge in [0.25, 0.3) is 5.91 Å². The number of amides is 1. The average Bonchev–Trinajstić information content (AvgIpc) is 3.09. The molecule has 1 atom stereocenters. The van der Waals surface area contributed by atoms with Crippen molar-refractivity contribution < 1.29 is 4.79 Å². The topological polar surface area (TPSA) is 51.4 Å². The van der Waals surface area contributed by atoms with E-state index in [9.17, 15) is 4.79 Å². The van der Waals surface area contributed by atoms with Gasteiger partial charge in [-0.1, -0.05) is 11.6 Å². The molecule has 2 aliphatic heterocycles. The predicted octanol–water partition coefficient (Wildman–Crippen LogP) is 1.21. The largest absolute Gasteiger partial charge is 0.356 e. The fourth-order valence-corrected chi connectivity index (χ4v) is 3.07. The Bertz CT molecular complexity index is 451. The first-order chi connectivity index (χ1) is 9.24. The van der Waals surface area contributed by atoms with Gasteiger partial charge in [-0.2, -0.15) is 0 Å². The van der Waals surface area contributed by atoms with Crippen molar-refractivity contribution in [1.29, 1.82) is 0 Å². The van der Waals surface area contributed by atoms with Crippen molar-refractivity contribution in [3.8, 4) is 0 Å². The highest BCUT2D eigenvalue weighted by molar-refractivity contribution is 6.30. The van der Waals surface area contributed by atoms with E-state index in [-0.39, 0.29) is 18.3 Å². The Balaban J connectivity index is 0.00000147. The number of hydrogen-bond donors (Lipinski definition) is 2. The molecule has 1 aromatic heterocycles. The van der Waals surface area contributed by atoms with Crippen molar-refractivity contribution >= 4 is 29.9 Å². The Morgan fingerprint density at radius 3 is 2.60 bits per heavy atom. The fourth-order valence-electron chi connectivity index (χ4n) is 2.90. The van der Waals surface area contributed by atoms with Crippen LogP contribution < -0.4 is 5.32 Å². The van der Waals surface area contributed by atoms with Gasteiger partial charge in [0.2, 0.25) is 0 Å². The monoisotopic (exact) mass is 318 g/mol. The Labute approximate surface area is 130 Å². The molecule has 0 saturated carbocycles. The van der Waals surface area contributed by atoms with Crippen molar-refractivity contribution in [2.75, 3.05) is 39.3 Å². The number of piperazine rings is 1. The molecule has 1 amide bonds. The fraction of sp³-hybridized carbons (Fsp3) is 0.615. The van der Waals surface area contributed by atoms with E-state index in [0.29, 0.717) is 16.8 Å². The van der Waals surface area contributed by atoms with Crippen molar-refractivity contribution in [2.45, 2.75) is 12.5 Å². The lowest BCUT2D eigenvalue weighted by molar-refractivity contribution is 0.0579. The Kier molecular flexibility index (Phi) is 5.32. The highest BCUT2D eigenvalue weighted by Gasteiger charge is 2.28. The highest BCUT2D eigenvalue weighted by Crippen LogP contribution is 2.15. The number of nitrogens with zero attached hydrogens (tertiary/aromatic N) is 2. The quantitative estimate of drug-likeness (QED) is 0.861. The minimum absolute atomic E-state index is 0. The molecule has 2 aliphatic rings. The van der Waals surface area contributed by atoms with Crippen LogP contribution in [0.15, 0.2) is 12.3 Å². The minimum Gasteiger partial charge on any atom is -0.356 e. The smallest absolute Gasteiger partial charge is 0.270 e. The lowest BCUT2D eigenvalue weighted by Gasteiger charge is -2.37. The average molecular weight is 319 g/mol. The van der Waals surface area contributed by atoms with Crippen LogP contribution in [0.2, 0.25) is 5.02 Å². The van der Waals surface area contributed by atoms with Gasteiger partial charge in [0.05, 0.1) is 5.02 Å². The van der Waals surface area contributed by atoms with E-state index in [0.717, 1.165) is 39.3 Å². The molecular weight excluding hydrogens is 299 g/mol. The van der Waals surface area contributed by atoms with Crippen LogP contribution in [0.3, 0.4) is 0 Å². The molecule has 0 radical (unpaired) electrons. The molecule has 5 nitrogen and oxygen atoms in total. The van der Waals surface area contributed by atoms with Crippen LogP contribution in [-0.2, 0) is 0 Å². The summed E-state index contributed by atoms with van der Waals surface area (Å²) >= 11 is 5.84. The molecule has 0 spiro atoms. The molecule has 1 unspecified atom stereocenters. The third-order valence-corrected chi connectivity index (χ3v) is 4.25. The number of aromatic amines is 1. The zero-order valence-corrected chi connectivity index (χ0v) is 12.8. The normalized spacial score (nSPS) is 23.6. The zero-order chi connectivity index (χ0) is 13.2. The standard InChI is InChI=1S/C13H19ClN4O.ClH/c14-10-7-12(16-8-10)13(19)18-5-3-17(4-6-18)11-1-2-15-9-11;/h7-8,11,15-16H,1-6,9H2;1H. The summed E-state index contributed by atoms with van der Waals surface area (Å²) in [6.07, 6.45) is 2.87. The molecule has 7 heteroatoms. The SMILES string of the molecule is Cl.O=C(c1cc(Cl)c[nH]1)N1CCN(C2CCNC2)CC1. The molecule has 20 heavy (non-hydrogen) atoms. The highest BCUT2D eigenvalue weighted by atomic mass is 35.5. The lowest BCUT2D eigenvalue weighted by Crippen LogP contribution is -2.52. The first-order valence-electron chi connectivity index (χ1n) is 6.82. The Morgan fingerprint density at radius 2 is 2.05 bits per heavy atom. The number of hydrogen-bond acceptors (Lipinski definition) is 3. The number of nitrogens with one attached hydrogen (secondary N) is 2. The summed E-state index contributed by atoms with van der Waals surface area (Å²) in [4.78, 5) is 19.6. The van der Waals surface area contributed by atoms with E-state index < -0.39 is 0 Å². The van der Waals surface area contributed by atoms with E-state index >= 15 is 0 Å². The molecule has 0 aromatic carbocycles. The minimum atomic E-state index is 0. The van der Waals surface area contributed by atoms with E-state index in [2.05, 4.69) is 15.2 Å². The summed E-state index contributed by atoms with van der Waals surface area (Å²) in [6, 6.07) is 2.34. The summed E-state index contributed by atoms with van der Waals surface area (Å²) in [5.74, 6) is 0.0519. The van der Waals surface area contributed by atoms with Crippen molar-refractivity contribution in [3.05, 3.63) is 23.0 Å². The maximum Gasteiger partial charge on any atom is 0.270 e. The van der Waals surface area contributed by atoms with E-state index in [4.69, 9.17) is 11.6 Å². The molecule has 3 heterocycles. The van der Waals surface area contributed by atoms with E-state index in [1.807, 2.05) is 4.90 Å². The van der Waals surface area contributed by atoms with Gasteiger partial charge < -0.3 is 15.2 Å². The van der Waals surface area contributed by atoms with E-state index in [1.165, 1.54) is 6.42 Å². The van der Waals surface area contributed by atoms with Gasteiger partial charge in [-0.05, 0) is 19.0 Å². The number of halogens is 2. The van der Waals surface area contributed by atoms with Crippen LogP contribution in [0.4, 0.5) is 0 Å². The molecule has 1 aromatic rings. The van der Waals surface area contributed by atoms with Crippen LogP contribution in [0, 0.1) is 0 Å². The Hall–Kier alpha value is -0.750. The number of carbonyl (C=O) groups excluding carboxylic acids is 1. The van der Waals surface area contributed by atoms with E-state index in [1.54, 1.807) is 12.3 Å².